The first-order valence-electron chi connectivity index (χ1n) is 5.02. The van der Waals surface area contributed by atoms with Gasteiger partial charge in [0, 0.05) is 18.1 Å². The Balaban J connectivity index is 4.25. The SMILES string of the molecule is CC(C)CN(C(C)C)C(C)(C)C. The van der Waals surface area contributed by atoms with Crippen LogP contribution in [0.4, 0.5) is 0 Å². The topological polar surface area (TPSA) is 3.24 Å². The highest BCUT2D eigenvalue weighted by atomic mass is 15.2. The van der Waals surface area contributed by atoms with Crippen molar-refractivity contribution in [3.63, 3.8) is 0 Å². The molecular formula is C11H25N. The minimum Gasteiger partial charge on any atom is -0.296 e. The zero-order valence-electron chi connectivity index (χ0n) is 9.81. The Kier molecular flexibility index (Phi) is 4.25. The van der Waals surface area contributed by atoms with E-state index in [4.69, 9.17) is 0 Å². The standard InChI is InChI=1S/C11H25N/c1-9(2)8-12(10(3)4)11(5,6)7/h9-10H,8H2,1-7H3. The average molecular weight is 171 g/mol. The molecule has 0 fully saturated rings. The quantitative estimate of drug-likeness (QED) is 0.630. The highest BCUT2D eigenvalue weighted by Crippen LogP contribution is 2.18. The van der Waals surface area contributed by atoms with E-state index < -0.39 is 0 Å². The molecule has 0 aromatic rings. The lowest BCUT2D eigenvalue weighted by Crippen LogP contribution is -2.47. The fraction of sp³-hybridized carbons (Fsp3) is 1.00. The molecule has 0 saturated carbocycles. The zero-order chi connectivity index (χ0) is 9.94. The minimum absolute atomic E-state index is 0.304. The molecule has 0 aromatic heterocycles. The van der Waals surface area contributed by atoms with Crippen molar-refractivity contribution >= 4 is 0 Å². The Morgan fingerprint density at radius 3 is 1.50 bits per heavy atom. The molecule has 0 amide bonds. The highest BCUT2D eigenvalue weighted by molar-refractivity contribution is 4.79. The van der Waals surface area contributed by atoms with Crippen LogP contribution in [0.2, 0.25) is 0 Å². The van der Waals surface area contributed by atoms with Gasteiger partial charge in [-0.2, -0.15) is 0 Å². The lowest BCUT2D eigenvalue weighted by Gasteiger charge is -2.40. The molecule has 0 aliphatic heterocycles. The van der Waals surface area contributed by atoms with E-state index in [9.17, 15) is 0 Å². The monoisotopic (exact) mass is 171 g/mol. The maximum absolute atomic E-state index is 2.55. The molecule has 0 spiro atoms. The first kappa shape index (κ1) is 12.0. The van der Waals surface area contributed by atoms with Gasteiger partial charge in [0.05, 0.1) is 0 Å². The maximum Gasteiger partial charge on any atom is 0.0127 e. The molecule has 0 heterocycles. The Morgan fingerprint density at radius 1 is 1.00 bits per heavy atom. The molecule has 0 aliphatic carbocycles. The van der Waals surface area contributed by atoms with Crippen LogP contribution < -0.4 is 0 Å². The molecule has 0 atom stereocenters. The molecule has 12 heavy (non-hydrogen) atoms. The van der Waals surface area contributed by atoms with Crippen LogP contribution in [0.5, 0.6) is 0 Å². The van der Waals surface area contributed by atoms with Crippen LogP contribution in [-0.2, 0) is 0 Å². The predicted molar refractivity (Wildman–Crippen MR) is 56.4 cm³/mol. The second-order valence-corrected chi connectivity index (χ2v) is 5.31. The molecule has 0 unspecified atom stereocenters. The van der Waals surface area contributed by atoms with E-state index in [2.05, 4.69) is 53.4 Å². The first-order valence-corrected chi connectivity index (χ1v) is 5.02. The second kappa shape index (κ2) is 4.27. The van der Waals surface area contributed by atoms with Crippen LogP contribution in [0.3, 0.4) is 0 Å². The molecule has 0 radical (unpaired) electrons. The van der Waals surface area contributed by atoms with Crippen molar-refractivity contribution in [1.82, 2.24) is 4.90 Å². The number of rotatable bonds is 3. The molecule has 1 heteroatoms. The molecule has 0 bridgehead atoms. The summed E-state index contributed by atoms with van der Waals surface area (Å²) < 4.78 is 0. The van der Waals surface area contributed by atoms with E-state index in [1.807, 2.05) is 0 Å². The van der Waals surface area contributed by atoms with Crippen molar-refractivity contribution in [3.05, 3.63) is 0 Å². The summed E-state index contributed by atoms with van der Waals surface area (Å²) in [6.45, 7) is 17.2. The molecule has 0 aliphatic rings. The summed E-state index contributed by atoms with van der Waals surface area (Å²) in [6, 6.07) is 0.646. The Morgan fingerprint density at radius 2 is 1.42 bits per heavy atom. The van der Waals surface area contributed by atoms with Gasteiger partial charge in [0.1, 0.15) is 0 Å². The zero-order valence-corrected chi connectivity index (χ0v) is 9.81. The Labute approximate surface area is 78.1 Å². The fourth-order valence-electron chi connectivity index (χ4n) is 1.65. The summed E-state index contributed by atoms with van der Waals surface area (Å²) in [6.07, 6.45) is 0. The van der Waals surface area contributed by atoms with Gasteiger partial charge in [-0.25, -0.2) is 0 Å². The van der Waals surface area contributed by atoms with Gasteiger partial charge in [-0.15, -0.1) is 0 Å². The molecule has 0 N–H and O–H groups in total. The van der Waals surface area contributed by atoms with Crippen LogP contribution in [0, 0.1) is 5.92 Å². The normalized spacial score (nSPS) is 13.5. The van der Waals surface area contributed by atoms with Gasteiger partial charge in [-0.1, -0.05) is 13.8 Å². The second-order valence-electron chi connectivity index (χ2n) is 5.31. The van der Waals surface area contributed by atoms with Gasteiger partial charge in [0.2, 0.25) is 0 Å². The average Bonchev–Trinajstić information content (AvgIpc) is 1.79. The lowest BCUT2D eigenvalue weighted by atomic mass is 10.0. The van der Waals surface area contributed by atoms with Crippen molar-refractivity contribution in [2.45, 2.75) is 60.0 Å². The number of nitrogens with zero attached hydrogens (tertiary/aromatic N) is 1. The first-order chi connectivity index (χ1) is 5.25. The summed E-state index contributed by atoms with van der Waals surface area (Å²) in [5.41, 5.74) is 0.304. The van der Waals surface area contributed by atoms with E-state index >= 15 is 0 Å². The van der Waals surface area contributed by atoms with E-state index in [1.165, 1.54) is 6.54 Å². The smallest absolute Gasteiger partial charge is 0.0127 e. The summed E-state index contributed by atoms with van der Waals surface area (Å²) >= 11 is 0. The van der Waals surface area contributed by atoms with Gasteiger partial charge in [0.25, 0.3) is 0 Å². The van der Waals surface area contributed by atoms with Crippen LogP contribution in [-0.4, -0.2) is 23.0 Å². The van der Waals surface area contributed by atoms with E-state index in [0.29, 0.717) is 11.6 Å². The van der Waals surface area contributed by atoms with Crippen molar-refractivity contribution in [3.8, 4) is 0 Å². The molecule has 0 saturated heterocycles. The van der Waals surface area contributed by atoms with Gasteiger partial charge in [0.15, 0.2) is 0 Å². The van der Waals surface area contributed by atoms with Crippen molar-refractivity contribution in [2.75, 3.05) is 6.54 Å². The lowest BCUT2D eigenvalue weighted by molar-refractivity contribution is 0.0845. The largest absolute Gasteiger partial charge is 0.296 e. The minimum atomic E-state index is 0.304. The van der Waals surface area contributed by atoms with Crippen molar-refractivity contribution < 1.29 is 0 Å². The Hall–Kier alpha value is -0.0400. The molecule has 1 nitrogen and oxygen atoms in total. The van der Waals surface area contributed by atoms with Gasteiger partial charge < -0.3 is 0 Å². The van der Waals surface area contributed by atoms with Crippen molar-refractivity contribution in [1.29, 1.82) is 0 Å². The molecule has 74 valence electrons. The highest BCUT2D eigenvalue weighted by Gasteiger charge is 2.23. The van der Waals surface area contributed by atoms with E-state index in [0.717, 1.165) is 5.92 Å². The van der Waals surface area contributed by atoms with Crippen LogP contribution in [0.15, 0.2) is 0 Å². The van der Waals surface area contributed by atoms with E-state index in [1.54, 1.807) is 0 Å². The third-order valence-corrected chi connectivity index (χ3v) is 2.05. The summed E-state index contributed by atoms with van der Waals surface area (Å²) in [5, 5.41) is 0. The summed E-state index contributed by atoms with van der Waals surface area (Å²) in [4.78, 5) is 2.55. The van der Waals surface area contributed by atoms with Crippen LogP contribution in [0.1, 0.15) is 48.5 Å². The molecular weight excluding hydrogens is 146 g/mol. The summed E-state index contributed by atoms with van der Waals surface area (Å²) in [7, 11) is 0. The third kappa shape index (κ3) is 4.10. The number of hydrogen-bond donors (Lipinski definition) is 0. The third-order valence-electron chi connectivity index (χ3n) is 2.05. The predicted octanol–water partition coefficient (Wildman–Crippen LogP) is 3.15. The maximum atomic E-state index is 2.55. The molecule has 0 rings (SSSR count). The van der Waals surface area contributed by atoms with Crippen LogP contribution >= 0.6 is 0 Å². The molecule has 0 aromatic carbocycles. The van der Waals surface area contributed by atoms with Gasteiger partial charge in [-0.3, -0.25) is 4.90 Å². The van der Waals surface area contributed by atoms with E-state index in [-0.39, 0.29) is 0 Å². The van der Waals surface area contributed by atoms with Gasteiger partial charge >= 0.3 is 0 Å². The van der Waals surface area contributed by atoms with Crippen LogP contribution in [0.25, 0.3) is 0 Å². The summed E-state index contributed by atoms with van der Waals surface area (Å²) in [5.74, 6) is 0.756. The Bertz CT molecular complexity index is 119. The van der Waals surface area contributed by atoms with Gasteiger partial charge in [-0.05, 0) is 40.5 Å². The fourth-order valence-corrected chi connectivity index (χ4v) is 1.65. The number of hydrogen-bond acceptors (Lipinski definition) is 1. The van der Waals surface area contributed by atoms with Crippen molar-refractivity contribution in [2.24, 2.45) is 5.92 Å².